The van der Waals surface area contributed by atoms with Gasteiger partial charge in [-0.3, -0.25) is 4.79 Å². The van der Waals surface area contributed by atoms with Gasteiger partial charge < -0.3 is 10.2 Å². The molecule has 1 saturated heterocycles. The molecule has 1 N–H and O–H groups in total. The molecule has 0 saturated carbocycles. The van der Waals surface area contributed by atoms with E-state index in [1.54, 1.807) is 11.1 Å². The number of carbonyl (C=O) groups excluding carboxylic acids is 1. The van der Waals surface area contributed by atoms with E-state index in [1.807, 2.05) is 6.92 Å². The van der Waals surface area contributed by atoms with E-state index in [4.69, 9.17) is 0 Å². The van der Waals surface area contributed by atoms with Crippen LogP contribution in [-0.2, 0) is 11.0 Å². The van der Waals surface area contributed by atoms with Crippen LogP contribution in [0, 0.1) is 12.8 Å². The number of halogens is 3. The highest BCUT2D eigenvalue weighted by Gasteiger charge is 2.37. The molecule has 0 bridgehead atoms. The van der Waals surface area contributed by atoms with Crippen molar-refractivity contribution in [3.05, 3.63) is 35.0 Å². The van der Waals surface area contributed by atoms with Crippen LogP contribution < -0.4 is 10.2 Å². The summed E-state index contributed by atoms with van der Waals surface area (Å²) in [5.74, 6) is -0.734. The van der Waals surface area contributed by atoms with Crippen LogP contribution >= 0.6 is 11.3 Å². The van der Waals surface area contributed by atoms with Gasteiger partial charge in [-0.15, -0.1) is 11.3 Å². The first-order valence-corrected chi connectivity index (χ1v) is 8.66. The predicted octanol–water partition coefficient (Wildman–Crippen LogP) is 3.72. The predicted molar refractivity (Wildman–Crippen MR) is 89.7 cm³/mol. The molecule has 0 spiro atoms. The van der Waals surface area contributed by atoms with Crippen molar-refractivity contribution in [2.24, 2.45) is 5.92 Å². The van der Waals surface area contributed by atoms with Gasteiger partial charge in [-0.1, -0.05) is 0 Å². The highest BCUT2D eigenvalue weighted by molar-refractivity contribution is 7.15. The van der Waals surface area contributed by atoms with E-state index in [9.17, 15) is 18.0 Å². The van der Waals surface area contributed by atoms with Crippen molar-refractivity contribution in [2.75, 3.05) is 23.3 Å². The lowest BCUT2D eigenvalue weighted by atomic mass is 9.97. The average Bonchev–Trinajstić information content (AvgIpc) is 2.99. The highest BCUT2D eigenvalue weighted by atomic mass is 32.1. The van der Waals surface area contributed by atoms with Gasteiger partial charge in [-0.25, -0.2) is 9.97 Å². The largest absolute Gasteiger partial charge is 0.419 e. The van der Waals surface area contributed by atoms with Gasteiger partial charge in [-0.05, 0) is 31.9 Å². The zero-order valence-corrected chi connectivity index (χ0v) is 14.3. The van der Waals surface area contributed by atoms with E-state index in [1.165, 1.54) is 23.6 Å². The monoisotopic (exact) mass is 370 g/mol. The SMILES string of the molecule is Cc1cnc(NC(=O)C2CCCN(c3ncccc3C(F)(F)F)C2)s1. The Kier molecular flexibility index (Phi) is 4.94. The summed E-state index contributed by atoms with van der Waals surface area (Å²) in [5, 5.41) is 3.26. The molecule has 134 valence electrons. The van der Waals surface area contributed by atoms with Crippen LogP contribution in [0.2, 0.25) is 0 Å². The van der Waals surface area contributed by atoms with Crippen molar-refractivity contribution >= 4 is 28.2 Å². The van der Waals surface area contributed by atoms with Gasteiger partial charge in [0, 0.05) is 30.4 Å². The Morgan fingerprint density at radius 1 is 1.40 bits per heavy atom. The number of anilines is 2. The molecule has 3 heterocycles. The Morgan fingerprint density at radius 2 is 2.20 bits per heavy atom. The maximum Gasteiger partial charge on any atom is 0.419 e. The van der Waals surface area contributed by atoms with Gasteiger partial charge in [0.05, 0.1) is 11.5 Å². The van der Waals surface area contributed by atoms with Gasteiger partial charge in [0.25, 0.3) is 0 Å². The Bertz CT molecular complexity index is 762. The van der Waals surface area contributed by atoms with Gasteiger partial charge in [0.2, 0.25) is 5.91 Å². The van der Waals surface area contributed by atoms with Gasteiger partial charge in [-0.2, -0.15) is 13.2 Å². The van der Waals surface area contributed by atoms with Crippen LogP contribution in [0.3, 0.4) is 0 Å². The molecule has 9 heteroatoms. The molecule has 1 amide bonds. The Labute approximate surface area is 146 Å². The molecule has 1 fully saturated rings. The molecule has 1 aliphatic heterocycles. The zero-order chi connectivity index (χ0) is 18.0. The number of nitrogens with one attached hydrogen (secondary N) is 1. The zero-order valence-electron chi connectivity index (χ0n) is 13.5. The first-order chi connectivity index (χ1) is 11.8. The van der Waals surface area contributed by atoms with Crippen LogP contribution in [0.25, 0.3) is 0 Å². The molecule has 0 radical (unpaired) electrons. The maximum absolute atomic E-state index is 13.2. The third-order valence-corrected chi connectivity index (χ3v) is 4.86. The third-order valence-electron chi connectivity index (χ3n) is 4.04. The molecular formula is C16H17F3N4OS. The fourth-order valence-electron chi connectivity index (χ4n) is 2.87. The number of hydrogen-bond acceptors (Lipinski definition) is 5. The second-order valence-corrected chi connectivity index (χ2v) is 7.16. The molecule has 1 atom stereocenters. The normalized spacial score (nSPS) is 18.2. The summed E-state index contributed by atoms with van der Waals surface area (Å²) in [6, 6.07) is 2.29. The van der Waals surface area contributed by atoms with Crippen LogP contribution in [0.15, 0.2) is 24.5 Å². The smallest absolute Gasteiger partial charge is 0.355 e. The highest BCUT2D eigenvalue weighted by Crippen LogP contribution is 2.36. The second kappa shape index (κ2) is 6.99. The first-order valence-electron chi connectivity index (χ1n) is 7.85. The minimum atomic E-state index is -4.47. The summed E-state index contributed by atoms with van der Waals surface area (Å²) in [6.07, 6.45) is -0.218. The molecule has 3 rings (SSSR count). The summed E-state index contributed by atoms with van der Waals surface area (Å²) in [6.45, 7) is 2.53. The summed E-state index contributed by atoms with van der Waals surface area (Å²) in [7, 11) is 0. The van der Waals surface area contributed by atoms with E-state index >= 15 is 0 Å². The minimum Gasteiger partial charge on any atom is -0.355 e. The molecule has 2 aromatic heterocycles. The van der Waals surface area contributed by atoms with E-state index in [0.717, 1.165) is 10.9 Å². The molecule has 1 unspecified atom stereocenters. The summed E-state index contributed by atoms with van der Waals surface area (Å²) in [4.78, 5) is 22.9. The molecule has 25 heavy (non-hydrogen) atoms. The number of pyridine rings is 1. The molecule has 5 nitrogen and oxygen atoms in total. The van der Waals surface area contributed by atoms with E-state index in [2.05, 4.69) is 15.3 Å². The Balaban J connectivity index is 1.74. The van der Waals surface area contributed by atoms with E-state index in [0.29, 0.717) is 24.5 Å². The van der Waals surface area contributed by atoms with Crippen LogP contribution in [0.1, 0.15) is 23.3 Å². The summed E-state index contributed by atoms with van der Waals surface area (Å²) in [5.41, 5.74) is -0.772. The summed E-state index contributed by atoms with van der Waals surface area (Å²) >= 11 is 1.37. The minimum absolute atomic E-state index is 0.113. The van der Waals surface area contributed by atoms with Crippen molar-refractivity contribution in [1.29, 1.82) is 0 Å². The van der Waals surface area contributed by atoms with Gasteiger partial charge in [0.15, 0.2) is 5.13 Å². The standard InChI is InChI=1S/C16H17F3N4OS/c1-10-8-21-15(25-10)22-14(24)11-4-3-7-23(9-11)13-12(16(17,18)19)5-2-6-20-13/h2,5-6,8,11H,3-4,7,9H2,1H3,(H,21,22,24). The molecule has 1 aliphatic rings. The first kappa shape index (κ1) is 17.7. The van der Waals surface area contributed by atoms with Crippen molar-refractivity contribution in [3.8, 4) is 0 Å². The summed E-state index contributed by atoms with van der Waals surface area (Å²) < 4.78 is 39.6. The molecular weight excluding hydrogens is 353 g/mol. The lowest BCUT2D eigenvalue weighted by Crippen LogP contribution is -2.41. The number of amides is 1. The van der Waals surface area contributed by atoms with Gasteiger partial charge in [0.1, 0.15) is 5.82 Å². The number of aromatic nitrogens is 2. The van der Waals surface area contributed by atoms with Crippen LogP contribution in [-0.4, -0.2) is 29.0 Å². The van der Waals surface area contributed by atoms with Crippen molar-refractivity contribution < 1.29 is 18.0 Å². The molecule has 2 aromatic rings. The molecule has 0 aromatic carbocycles. The number of thiazole rings is 1. The van der Waals surface area contributed by atoms with E-state index in [-0.39, 0.29) is 18.3 Å². The van der Waals surface area contributed by atoms with E-state index < -0.39 is 17.7 Å². The number of alkyl halides is 3. The third kappa shape index (κ3) is 4.09. The number of nitrogens with zero attached hydrogens (tertiary/aromatic N) is 3. The maximum atomic E-state index is 13.2. The number of carbonyl (C=O) groups is 1. The number of aryl methyl sites for hydroxylation is 1. The van der Waals surface area contributed by atoms with Crippen molar-refractivity contribution in [1.82, 2.24) is 9.97 Å². The number of piperidine rings is 1. The van der Waals surface area contributed by atoms with Crippen molar-refractivity contribution in [3.63, 3.8) is 0 Å². The lowest BCUT2D eigenvalue weighted by molar-refractivity contribution is -0.137. The topological polar surface area (TPSA) is 58.1 Å². The average molecular weight is 370 g/mol. The fourth-order valence-corrected chi connectivity index (χ4v) is 3.54. The quantitative estimate of drug-likeness (QED) is 0.895. The van der Waals surface area contributed by atoms with Gasteiger partial charge >= 0.3 is 6.18 Å². The van der Waals surface area contributed by atoms with Crippen molar-refractivity contribution in [2.45, 2.75) is 25.9 Å². The van der Waals surface area contributed by atoms with Crippen LogP contribution in [0.4, 0.5) is 24.1 Å². The fraction of sp³-hybridized carbons (Fsp3) is 0.438. The number of rotatable bonds is 3. The van der Waals surface area contributed by atoms with Crippen LogP contribution in [0.5, 0.6) is 0 Å². The lowest BCUT2D eigenvalue weighted by Gasteiger charge is -2.34. The Morgan fingerprint density at radius 3 is 2.88 bits per heavy atom. The molecule has 0 aliphatic carbocycles. The second-order valence-electron chi connectivity index (χ2n) is 5.92. The Hall–Kier alpha value is -2.16. The number of hydrogen-bond donors (Lipinski definition) is 1.